The number of nitrogens with zero attached hydrogens (tertiary/aromatic N) is 1. The summed E-state index contributed by atoms with van der Waals surface area (Å²) in [7, 11) is 1.64. The lowest BCUT2D eigenvalue weighted by molar-refractivity contribution is -0.140. The van der Waals surface area contributed by atoms with Crippen molar-refractivity contribution in [1.29, 1.82) is 0 Å². The largest absolute Gasteiger partial charge is 0.399 e. The van der Waals surface area contributed by atoms with E-state index in [-0.39, 0.29) is 18.0 Å². The van der Waals surface area contributed by atoms with Crippen LogP contribution < -0.4 is 11.1 Å². The highest BCUT2D eigenvalue weighted by molar-refractivity contribution is 5.77. The van der Waals surface area contributed by atoms with E-state index in [0.29, 0.717) is 25.0 Å². The van der Waals surface area contributed by atoms with Crippen LogP contribution in [0.15, 0.2) is 24.3 Å². The SMILES string of the molecule is COCCC(=O)N1C(C)CNC(C2CC2)C1c1cccc(N)c1. The lowest BCUT2D eigenvalue weighted by Gasteiger charge is -2.46. The Bertz CT molecular complexity index is 559. The second kappa shape index (κ2) is 6.89. The van der Waals surface area contributed by atoms with E-state index in [9.17, 15) is 4.79 Å². The number of hydrogen-bond donors (Lipinski definition) is 2. The number of nitrogens with two attached hydrogens (primary N) is 1. The molecule has 1 saturated heterocycles. The van der Waals surface area contributed by atoms with Crippen LogP contribution in [0.2, 0.25) is 0 Å². The van der Waals surface area contributed by atoms with Gasteiger partial charge in [0.2, 0.25) is 5.91 Å². The van der Waals surface area contributed by atoms with Gasteiger partial charge in [-0.1, -0.05) is 12.1 Å². The number of carbonyl (C=O) groups excluding carboxylic acids is 1. The molecule has 1 saturated carbocycles. The summed E-state index contributed by atoms with van der Waals surface area (Å²) < 4.78 is 5.10. The molecule has 5 nitrogen and oxygen atoms in total. The average molecular weight is 317 g/mol. The first-order chi connectivity index (χ1) is 11.1. The molecule has 2 fully saturated rings. The predicted octanol–water partition coefficient (Wildman–Crippen LogP) is 1.95. The molecular weight excluding hydrogens is 290 g/mol. The van der Waals surface area contributed by atoms with Crippen molar-refractivity contribution in [1.82, 2.24) is 10.2 Å². The van der Waals surface area contributed by atoms with Crippen LogP contribution in [0.3, 0.4) is 0 Å². The minimum Gasteiger partial charge on any atom is -0.399 e. The Morgan fingerprint density at radius 3 is 2.87 bits per heavy atom. The first-order valence-corrected chi connectivity index (χ1v) is 8.50. The number of hydrogen-bond acceptors (Lipinski definition) is 4. The zero-order valence-corrected chi connectivity index (χ0v) is 14.0. The fourth-order valence-corrected chi connectivity index (χ4v) is 3.67. The van der Waals surface area contributed by atoms with Crippen LogP contribution in [0.25, 0.3) is 0 Å². The first-order valence-electron chi connectivity index (χ1n) is 8.50. The quantitative estimate of drug-likeness (QED) is 0.815. The van der Waals surface area contributed by atoms with Gasteiger partial charge in [-0.15, -0.1) is 0 Å². The van der Waals surface area contributed by atoms with Crippen LogP contribution >= 0.6 is 0 Å². The van der Waals surface area contributed by atoms with Gasteiger partial charge < -0.3 is 20.7 Å². The lowest BCUT2D eigenvalue weighted by atomic mass is 9.89. The van der Waals surface area contributed by atoms with Gasteiger partial charge in [0, 0.05) is 31.4 Å². The molecule has 0 spiro atoms. The normalized spacial score (nSPS) is 27.9. The Labute approximate surface area is 138 Å². The zero-order valence-electron chi connectivity index (χ0n) is 14.0. The highest BCUT2D eigenvalue weighted by Crippen LogP contribution is 2.43. The summed E-state index contributed by atoms with van der Waals surface area (Å²) in [5.74, 6) is 0.825. The van der Waals surface area contributed by atoms with Crippen molar-refractivity contribution in [2.75, 3.05) is 26.0 Å². The van der Waals surface area contributed by atoms with Crippen LogP contribution in [-0.4, -0.2) is 43.2 Å². The van der Waals surface area contributed by atoms with Crippen LogP contribution in [0.1, 0.15) is 37.8 Å². The molecule has 0 aromatic heterocycles. The minimum absolute atomic E-state index is 0.0547. The van der Waals surface area contributed by atoms with Crippen LogP contribution in [0, 0.1) is 5.92 Å². The molecule has 2 aliphatic rings. The van der Waals surface area contributed by atoms with Crippen molar-refractivity contribution in [3.05, 3.63) is 29.8 Å². The number of benzene rings is 1. The molecule has 3 N–H and O–H groups in total. The van der Waals surface area contributed by atoms with Gasteiger partial charge in [-0.3, -0.25) is 4.79 Å². The third-order valence-corrected chi connectivity index (χ3v) is 4.95. The molecular formula is C18H27N3O2. The number of nitrogens with one attached hydrogen (secondary N) is 1. The van der Waals surface area contributed by atoms with Gasteiger partial charge in [0.25, 0.3) is 0 Å². The maximum Gasteiger partial charge on any atom is 0.225 e. The van der Waals surface area contributed by atoms with Crippen molar-refractivity contribution < 1.29 is 9.53 Å². The number of ether oxygens (including phenoxy) is 1. The van der Waals surface area contributed by atoms with Gasteiger partial charge in [-0.25, -0.2) is 0 Å². The van der Waals surface area contributed by atoms with Gasteiger partial charge in [-0.2, -0.15) is 0 Å². The molecule has 1 aromatic carbocycles. The highest BCUT2D eigenvalue weighted by atomic mass is 16.5. The number of piperazine rings is 1. The van der Waals surface area contributed by atoms with Crippen LogP contribution in [-0.2, 0) is 9.53 Å². The zero-order chi connectivity index (χ0) is 16.4. The number of amides is 1. The molecule has 3 rings (SSSR count). The van der Waals surface area contributed by atoms with Crippen molar-refractivity contribution in [3.63, 3.8) is 0 Å². The van der Waals surface area contributed by atoms with E-state index in [1.165, 1.54) is 12.8 Å². The topological polar surface area (TPSA) is 67.6 Å². The molecule has 3 atom stereocenters. The van der Waals surface area contributed by atoms with E-state index >= 15 is 0 Å². The summed E-state index contributed by atoms with van der Waals surface area (Å²) in [6.07, 6.45) is 2.91. The van der Waals surface area contributed by atoms with Crippen molar-refractivity contribution in [3.8, 4) is 0 Å². The standard InChI is InChI=1S/C18H27N3O2/c1-12-11-20-17(13-6-7-13)18(14-4-3-5-15(19)10-14)21(12)16(22)8-9-23-2/h3-5,10,12-13,17-18,20H,6-9,11,19H2,1-2H3. The number of methoxy groups -OCH3 is 1. The lowest BCUT2D eigenvalue weighted by Crippen LogP contribution is -2.59. The second-order valence-corrected chi connectivity index (χ2v) is 6.78. The molecule has 1 heterocycles. The van der Waals surface area contributed by atoms with Crippen LogP contribution in [0.5, 0.6) is 0 Å². The van der Waals surface area contributed by atoms with E-state index in [2.05, 4.69) is 23.2 Å². The van der Waals surface area contributed by atoms with Crippen molar-refractivity contribution >= 4 is 11.6 Å². The number of carbonyl (C=O) groups is 1. The monoisotopic (exact) mass is 317 g/mol. The number of anilines is 1. The predicted molar refractivity (Wildman–Crippen MR) is 90.9 cm³/mol. The van der Waals surface area contributed by atoms with E-state index in [1.807, 2.05) is 18.2 Å². The summed E-state index contributed by atoms with van der Waals surface area (Å²) in [6.45, 7) is 3.42. The number of rotatable bonds is 5. The van der Waals surface area contributed by atoms with E-state index in [4.69, 9.17) is 10.5 Å². The van der Waals surface area contributed by atoms with Crippen molar-refractivity contribution in [2.24, 2.45) is 5.92 Å². The molecule has 5 heteroatoms. The van der Waals surface area contributed by atoms with Gasteiger partial charge >= 0.3 is 0 Å². The maximum absolute atomic E-state index is 12.8. The Hall–Kier alpha value is -1.59. The van der Waals surface area contributed by atoms with Crippen molar-refractivity contribution in [2.45, 2.75) is 44.3 Å². The molecule has 0 radical (unpaired) electrons. The van der Waals surface area contributed by atoms with Gasteiger partial charge in [0.1, 0.15) is 0 Å². The van der Waals surface area contributed by atoms with E-state index in [0.717, 1.165) is 17.8 Å². The maximum atomic E-state index is 12.8. The number of nitrogen functional groups attached to an aromatic ring is 1. The van der Waals surface area contributed by atoms with Crippen LogP contribution in [0.4, 0.5) is 5.69 Å². The fraction of sp³-hybridized carbons (Fsp3) is 0.611. The molecule has 126 valence electrons. The van der Waals surface area contributed by atoms with Gasteiger partial charge in [-0.05, 0) is 43.4 Å². The fourth-order valence-electron chi connectivity index (χ4n) is 3.67. The molecule has 3 unspecified atom stereocenters. The van der Waals surface area contributed by atoms with E-state index < -0.39 is 0 Å². The second-order valence-electron chi connectivity index (χ2n) is 6.78. The molecule has 0 bridgehead atoms. The summed E-state index contributed by atoms with van der Waals surface area (Å²) in [4.78, 5) is 14.9. The Morgan fingerprint density at radius 2 is 2.22 bits per heavy atom. The molecule has 1 aliphatic carbocycles. The molecule has 23 heavy (non-hydrogen) atoms. The molecule has 1 aromatic rings. The summed E-state index contributed by atoms with van der Waals surface area (Å²) in [5, 5.41) is 3.67. The smallest absolute Gasteiger partial charge is 0.225 e. The Kier molecular flexibility index (Phi) is 4.87. The first kappa shape index (κ1) is 16.3. The van der Waals surface area contributed by atoms with E-state index in [1.54, 1.807) is 7.11 Å². The van der Waals surface area contributed by atoms with Gasteiger partial charge in [0.05, 0.1) is 19.1 Å². The minimum atomic E-state index is 0.0547. The highest BCUT2D eigenvalue weighted by Gasteiger charge is 2.45. The third kappa shape index (κ3) is 3.51. The summed E-state index contributed by atoms with van der Waals surface area (Å²) >= 11 is 0. The average Bonchev–Trinajstić information content (AvgIpc) is 3.37. The summed E-state index contributed by atoms with van der Waals surface area (Å²) in [6, 6.07) is 8.51. The Morgan fingerprint density at radius 1 is 1.43 bits per heavy atom. The van der Waals surface area contributed by atoms with Gasteiger partial charge in [0.15, 0.2) is 0 Å². The third-order valence-electron chi connectivity index (χ3n) is 4.95. The molecule has 1 amide bonds. The molecule has 1 aliphatic heterocycles. The summed E-state index contributed by atoms with van der Waals surface area (Å²) in [5.41, 5.74) is 7.88. The Balaban J connectivity index is 1.92.